The van der Waals surface area contributed by atoms with Crippen molar-refractivity contribution in [2.45, 2.75) is 12.8 Å². The van der Waals surface area contributed by atoms with E-state index in [1.54, 1.807) is 19.3 Å². The van der Waals surface area contributed by atoms with Gasteiger partial charge in [0.2, 0.25) is 0 Å². The van der Waals surface area contributed by atoms with Crippen molar-refractivity contribution in [3.05, 3.63) is 34.2 Å². The van der Waals surface area contributed by atoms with Gasteiger partial charge < -0.3 is 15.6 Å². The van der Waals surface area contributed by atoms with Gasteiger partial charge in [0.1, 0.15) is 0 Å². The van der Waals surface area contributed by atoms with Crippen LogP contribution in [0.2, 0.25) is 0 Å². The smallest absolute Gasteiger partial charge is 0.251 e. The first kappa shape index (κ1) is 11.9. The first-order chi connectivity index (χ1) is 8.06. The van der Waals surface area contributed by atoms with Crippen molar-refractivity contribution in [3.8, 4) is 0 Å². The highest BCUT2D eigenvalue weighted by atomic mass is 16.2. The van der Waals surface area contributed by atoms with Gasteiger partial charge in [-0.05, 0) is 25.5 Å². The number of amides is 1. The average molecular weight is 235 g/mol. The lowest BCUT2D eigenvalue weighted by molar-refractivity contribution is 0.0945. The third-order valence-corrected chi connectivity index (χ3v) is 3.38. The number of hydrogen-bond donors (Lipinski definition) is 2. The molecule has 1 amide bonds. The highest BCUT2D eigenvalue weighted by molar-refractivity contribution is 5.94. The second kappa shape index (κ2) is 4.33. The molecule has 0 saturated heterocycles. The van der Waals surface area contributed by atoms with Crippen LogP contribution in [0.3, 0.4) is 0 Å². The van der Waals surface area contributed by atoms with Gasteiger partial charge >= 0.3 is 0 Å². The molecule has 5 nitrogen and oxygen atoms in total. The number of carbonyl (C=O) groups excluding carboxylic acids is 1. The first-order valence-electron chi connectivity index (χ1n) is 5.71. The number of hydrogen-bond acceptors (Lipinski definition) is 3. The molecule has 1 aromatic heterocycles. The van der Waals surface area contributed by atoms with Crippen molar-refractivity contribution in [1.29, 1.82) is 0 Å². The van der Waals surface area contributed by atoms with Crippen molar-refractivity contribution < 1.29 is 4.79 Å². The van der Waals surface area contributed by atoms with Gasteiger partial charge in [0.15, 0.2) is 0 Å². The van der Waals surface area contributed by atoms with Crippen molar-refractivity contribution >= 4 is 5.91 Å². The summed E-state index contributed by atoms with van der Waals surface area (Å²) in [7, 11) is 1.65. The minimum Gasteiger partial charge on any atom is -0.351 e. The third kappa shape index (κ3) is 2.55. The standard InChI is InChI=1S/C12H17N3O2/c1-15-5-2-9(6-10(15)16)11(17)14-8-12(7-13)3-4-12/h2,5-6H,3-4,7-8,13H2,1H3,(H,14,17). The molecule has 0 aromatic carbocycles. The molecule has 0 radical (unpaired) electrons. The van der Waals surface area contributed by atoms with E-state index in [2.05, 4.69) is 5.32 Å². The molecule has 0 atom stereocenters. The maximum atomic E-state index is 11.8. The summed E-state index contributed by atoms with van der Waals surface area (Å²) in [5.74, 6) is -0.206. The summed E-state index contributed by atoms with van der Waals surface area (Å²) in [5.41, 5.74) is 5.96. The van der Waals surface area contributed by atoms with E-state index in [1.807, 2.05) is 0 Å². The van der Waals surface area contributed by atoms with Gasteiger partial charge in [-0.25, -0.2) is 0 Å². The maximum absolute atomic E-state index is 11.8. The van der Waals surface area contributed by atoms with Crippen LogP contribution >= 0.6 is 0 Å². The highest BCUT2D eigenvalue weighted by Gasteiger charge is 2.41. The predicted octanol–water partition coefficient (Wildman–Crippen LogP) is -0.146. The van der Waals surface area contributed by atoms with E-state index in [4.69, 9.17) is 5.73 Å². The molecule has 0 spiro atoms. The molecule has 1 fully saturated rings. The number of aryl methyl sites for hydroxylation is 1. The summed E-state index contributed by atoms with van der Waals surface area (Å²) >= 11 is 0. The number of aromatic nitrogens is 1. The fraction of sp³-hybridized carbons (Fsp3) is 0.500. The zero-order valence-corrected chi connectivity index (χ0v) is 9.90. The van der Waals surface area contributed by atoms with Gasteiger partial charge in [-0.1, -0.05) is 0 Å². The molecule has 1 aromatic rings. The van der Waals surface area contributed by atoms with Crippen molar-refractivity contribution in [2.75, 3.05) is 13.1 Å². The van der Waals surface area contributed by atoms with Crippen LogP contribution in [0.25, 0.3) is 0 Å². The molecule has 1 saturated carbocycles. The van der Waals surface area contributed by atoms with Crippen LogP contribution in [0, 0.1) is 5.41 Å². The van der Waals surface area contributed by atoms with Gasteiger partial charge in [-0.2, -0.15) is 0 Å². The molecule has 1 aliphatic carbocycles. The molecule has 17 heavy (non-hydrogen) atoms. The zero-order valence-electron chi connectivity index (χ0n) is 9.90. The van der Waals surface area contributed by atoms with E-state index in [0.29, 0.717) is 18.7 Å². The van der Waals surface area contributed by atoms with E-state index in [0.717, 1.165) is 12.8 Å². The number of carbonyl (C=O) groups is 1. The number of nitrogens with zero attached hydrogens (tertiary/aromatic N) is 1. The normalized spacial score (nSPS) is 16.6. The third-order valence-electron chi connectivity index (χ3n) is 3.38. The topological polar surface area (TPSA) is 77.1 Å². The van der Waals surface area contributed by atoms with Gasteiger partial charge in [0.25, 0.3) is 11.5 Å². The number of nitrogens with two attached hydrogens (primary N) is 1. The Labute approximate surface area is 99.6 Å². The van der Waals surface area contributed by atoms with E-state index in [-0.39, 0.29) is 16.9 Å². The number of nitrogens with one attached hydrogen (secondary N) is 1. The molecule has 92 valence electrons. The SMILES string of the molecule is Cn1ccc(C(=O)NCC2(CN)CC2)cc1=O. The Balaban J connectivity index is 2.00. The minimum absolute atomic E-state index is 0.107. The lowest BCUT2D eigenvalue weighted by Crippen LogP contribution is -2.34. The van der Waals surface area contributed by atoms with Gasteiger partial charge in [-0.3, -0.25) is 9.59 Å². The van der Waals surface area contributed by atoms with Crippen molar-refractivity contribution in [2.24, 2.45) is 18.2 Å². The Morgan fingerprint density at radius 3 is 2.82 bits per heavy atom. The fourth-order valence-corrected chi connectivity index (χ4v) is 1.69. The molecular formula is C12H17N3O2. The van der Waals surface area contributed by atoms with Crippen LogP contribution in [0.5, 0.6) is 0 Å². The van der Waals surface area contributed by atoms with E-state index in [1.165, 1.54) is 10.6 Å². The Bertz CT molecular complexity index is 489. The Morgan fingerprint density at radius 1 is 1.59 bits per heavy atom. The summed E-state index contributed by atoms with van der Waals surface area (Å²) in [6.07, 6.45) is 3.73. The Kier molecular flexibility index (Phi) is 3.02. The van der Waals surface area contributed by atoms with Crippen LogP contribution < -0.4 is 16.6 Å². The van der Waals surface area contributed by atoms with E-state index >= 15 is 0 Å². The Hall–Kier alpha value is -1.62. The zero-order chi connectivity index (χ0) is 12.5. The van der Waals surface area contributed by atoms with Gasteiger partial charge in [0, 0.05) is 36.8 Å². The summed E-state index contributed by atoms with van der Waals surface area (Å²) in [5, 5.41) is 2.83. The lowest BCUT2D eigenvalue weighted by Gasteiger charge is -2.13. The quantitative estimate of drug-likeness (QED) is 0.762. The van der Waals surface area contributed by atoms with Crippen molar-refractivity contribution in [3.63, 3.8) is 0 Å². The average Bonchev–Trinajstić information content (AvgIpc) is 3.10. The van der Waals surface area contributed by atoms with Crippen LogP contribution in [-0.4, -0.2) is 23.6 Å². The second-order valence-electron chi connectivity index (χ2n) is 4.75. The summed E-state index contributed by atoms with van der Waals surface area (Å²) < 4.78 is 1.43. The van der Waals surface area contributed by atoms with Gasteiger partial charge in [0.05, 0.1) is 0 Å². The molecule has 0 bridgehead atoms. The minimum atomic E-state index is -0.206. The van der Waals surface area contributed by atoms with Crippen molar-refractivity contribution in [1.82, 2.24) is 9.88 Å². The van der Waals surface area contributed by atoms with Crippen LogP contribution in [0.1, 0.15) is 23.2 Å². The van der Waals surface area contributed by atoms with E-state index in [9.17, 15) is 9.59 Å². The maximum Gasteiger partial charge on any atom is 0.251 e. The monoisotopic (exact) mass is 235 g/mol. The summed E-state index contributed by atoms with van der Waals surface area (Å²) in [4.78, 5) is 23.2. The molecule has 5 heteroatoms. The van der Waals surface area contributed by atoms with Gasteiger partial charge in [-0.15, -0.1) is 0 Å². The molecule has 0 aliphatic heterocycles. The lowest BCUT2D eigenvalue weighted by atomic mass is 10.1. The summed E-state index contributed by atoms with van der Waals surface area (Å²) in [6, 6.07) is 2.98. The molecule has 3 N–H and O–H groups in total. The Morgan fingerprint density at radius 2 is 2.29 bits per heavy atom. The number of pyridine rings is 1. The molecule has 1 heterocycles. The first-order valence-corrected chi connectivity index (χ1v) is 5.71. The largest absolute Gasteiger partial charge is 0.351 e. The van der Waals surface area contributed by atoms with Crippen LogP contribution in [0.4, 0.5) is 0 Å². The van der Waals surface area contributed by atoms with Crippen LogP contribution in [-0.2, 0) is 7.05 Å². The van der Waals surface area contributed by atoms with E-state index < -0.39 is 0 Å². The second-order valence-corrected chi connectivity index (χ2v) is 4.75. The fourth-order valence-electron chi connectivity index (χ4n) is 1.69. The van der Waals surface area contributed by atoms with Crippen LogP contribution in [0.15, 0.2) is 23.1 Å². The summed E-state index contributed by atoms with van der Waals surface area (Å²) in [6.45, 7) is 1.20. The molecule has 2 rings (SSSR count). The molecule has 0 unspecified atom stereocenters. The molecule has 1 aliphatic rings. The number of rotatable bonds is 4. The predicted molar refractivity (Wildman–Crippen MR) is 64.7 cm³/mol. The highest BCUT2D eigenvalue weighted by Crippen LogP contribution is 2.43. The molecular weight excluding hydrogens is 218 g/mol.